The van der Waals surface area contributed by atoms with Gasteiger partial charge in [0.2, 0.25) is 5.91 Å². The van der Waals surface area contributed by atoms with Crippen molar-refractivity contribution in [1.29, 1.82) is 0 Å². The van der Waals surface area contributed by atoms with Crippen LogP contribution in [0.1, 0.15) is 43.3 Å². The molecule has 0 aliphatic carbocycles. The lowest BCUT2D eigenvalue weighted by Crippen LogP contribution is -2.38. The molecule has 5 nitrogen and oxygen atoms in total. The van der Waals surface area contributed by atoms with E-state index < -0.39 is 5.60 Å². The van der Waals surface area contributed by atoms with Gasteiger partial charge in [0, 0.05) is 6.42 Å². The molecule has 2 aromatic rings. The van der Waals surface area contributed by atoms with Crippen molar-refractivity contribution in [1.82, 2.24) is 5.32 Å². The van der Waals surface area contributed by atoms with Crippen LogP contribution in [0.5, 0.6) is 5.75 Å². The molecule has 130 valence electrons. The van der Waals surface area contributed by atoms with Crippen molar-refractivity contribution in [2.24, 2.45) is 0 Å². The zero-order valence-electron chi connectivity index (χ0n) is 14.6. The smallest absolute Gasteiger partial charge is 0.220 e. The number of rotatable bonds is 7. The molecule has 0 saturated heterocycles. The molecule has 0 aliphatic heterocycles. The predicted octanol–water partition coefficient (Wildman–Crippen LogP) is 3.11. The average molecular weight is 331 g/mol. The van der Waals surface area contributed by atoms with Crippen molar-refractivity contribution in [2.75, 3.05) is 13.7 Å². The van der Waals surface area contributed by atoms with E-state index in [2.05, 4.69) is 5.32 Å². The molecule has 2 rings (SSSR count). The average Bonchev–Trinajstić information content (AvgIpc) is 3.00. The lowest BCUT2D eigenvalue weighted by molar-refractivity contribution is -0.122. The molecule has 1 heterocycles. The molecule has 0 radical (unpaired) electrons. The number of benzene rings is 1. The Labute approximate surface area is 142 Å². The Morgan fingerprint density at radius 2 is 2.04 bits per heavy atom. The highest BCUT2D eigenvalue weighted by Gasteiger charge is 2.27. The van der Waals surface area contributed by atoms with Gasteiger partial charge in [-0.2, -0.15) is 0 Å². The molecular formula is C19H25NO4. The van der Waals surface area contributed by atoms with Crippen molar-refractivity contribution < 1.29 is 19.1 Å². The molecule has 24 heavy (non-hydrogen) atoms. The largest absolute Gasteiger partial charge is 0.496 e. The maximum atomic E-state index is 12.2. The van der Waals surface area contributed by atoms with E-state index in [0.717, 1.165) is 17.1 Å². The lowest BCUT2D eigenvalue weighted by atomic mass is 9.96. The molecule has 0 fully saturated rings. The van der Waals surface area contributed by atoms with E-state index in [9.17, 15) is 9.90 Å². The summed E-state index contributed by atoms with van der Waals surface area (Å²) in [4.78, 5) is 12.2. The minimum atomic E-state index is -1.24. The van der Waals surface area contributed by atoms with Crippen LogP contribution in [0.25, 0.3) is 0 Å². The molecule has 0 saturated carbocycles. The molecule has 2 atom stereocenters. The minimum Gasteiger partial charge on any atom is -0.496 e. The van der Waals surface area contributed by atoms with E-state index in [4.69, 9.17) is 9.15 Å². The van der Waals surface area contributed by atoms with E-state index >= 15 is 0 Å². The van der Waals surface area contributed by atoms with Crippen LogP contribution in [0.15, 0.2) is 40.8 Å². The number of methoxy groups -OCH3 is 1. The maximum absolute atomic E-state index is 12.2. The molecule has 1 amide bonds. The van der Waals surface area contributed by atoms with Gasteiger partial charge in [-0.15, -0.1) is 0 Å². The topological polar surface area (TPSA) is 71.7 Å². The Morgan fingerprint density at radius 1 is 1.33 bits per heavy atom. The highest BCUT2D eigenvalue weighted by atomic mass is 16.5. The van der Waals surface area contributed by atoms with Gasteiger partial charge >= 0.3 is 0 Å². The van der Waals surface area contributed by atoms with Gasteiger partial charge in [-0.1, -0.05) is 25.1 Å². The summed E-state index contributed by atoms with van der Waals surface area (Å²) in [6.07, 6.45) is 0.313. The number of para-hydroxylation sites is 1. The van der Waals surface area contributed by atoms with Crippen LogP contribution >= 0.6 is 0 Å². The van der Waals surface area contributed by atoms with Gasteiger partial charge in [0.25, 0.3) is 0 Å². The molecule has 0 bridgehead atoms. The van der Waals surface area contributed by atoms with Crippen LogP contribution in [0.4, 0.5) is 0 Å². The Morgan fingerprint density at radius 3 is 2.67 bits per heavy atom. The van der Waals surface area contributed by atoms with Crippen LogP contribution in [0.3, 0.4) is 0 Å². The molecule has 1 aromatic carbocycles. The predicted molar refractivity (Wildman–Crippen MR) is 92.1 cm³/mol. The van der Waals surface area contributed by atoms with Crippen LogP contribution in [-0.4, -0.2) is 24.7 Å². The number of nitrogens with one attached hydrogen (secondary N) is 1. The maximum Gasteiger partial charge on any atom is 0.220 e. The van der Waals surface area contributed by atoms with Gasteiger partial charge in [-0.3, -0.25) is 4.79 Å². The monoisotopic (exact) mass is 331 g/mol. The van der Waals surface area contributed by atoms with E-state index in [-0.39, 0.29) is 18.4 Å². The standard InChI is InChI=1S/C19H25NO4/c1-13(15-7-5-6-8-16(15)23-4)11-18(21)20-12-19(3,22)17-10-9-14(2)24-17/h5-10,13,22H,11-12H2,1-4H3,(H,20,21). The number of hydrogen-bond acceptors (Lipinski definition) is 4. The van der Waals surface area contributed by atoms with Gasteiger partial charge in [0.1, 0.15) is 22.9 Å². The number of hydrogen-bond donors (Lipinski definition) is 2. The summed E-state index contributed by atoms with van der Waals surface area (Å²) < 4.78 is 10.8. The third-order valence-electron chi connectivity index (χ3n) is 4.06. The van der Waals surface area contributed by atoms with Gasteiger partial charge in [-0.25, -0.2) is 0 Å². The molecule has 2 N–H and O–H groups in total. The summed E-state index contributed by atoms with van der Waals surface area (Å²) in [7, 11) is 1.62. The Hall–Kier alpha value is -2.27. The van der Waals surface area contributed by atoms with Crippen molar-refractivity contribution in [3.63, 3.8) is 0 Å². The second kappa shape index (κ2) is 7.53. The first-order chi connectivity index (χ1) is 11.3. The number of furan rings is 1. The first kappa shape index (κ1) is 18.1. The summed E-state index contributed by atoms with van der Waals surface area (Å²) in [5, 5.41) is 13.2. The van der Waals surface area contributed by atoms with Gasteiger partial charge < -0.3 is 19.6 Å². The number of aryl methyl sites for hydroxylation is 1. The summed E-state index contributed by atoms with van der Waals surface area (Å²) in [6, 6.07) is 11.2. The number of aliphatic hydroxyl groups is 1. The Bertz CT molecular complexity index is 690. The fraction of sp³-hybridized carbons (Fsp3) is 0.421. The van der Waals surface area contributed by atoms with Crippen molar-refractivity contribution in [3.8, 4) is 5.75 Å². The van der Waals surface area contributed by atoms with Crippen LogP contribution in [0.2, 0.25) is 0 Å². The second-order valence-corrected chi connectivity index (χ2v) is 6.31. The molecule has 5 heteroatoms. The molecular weight excluding hydrogens is 306 g/mol. The number of carbonyl (C=O) groups excluding carboxylic acids is 1. The number of ether oxygens (including phenoxy) is 1. The Kier molecular flexibility index (Phi) is 5.67. The summed E-state index contributed by atoms with van der Waals surface area (Å²) in [6.45, 7) is 5.51. The minimum absolute atomic E-state index is 0.0111. The first-order valence-electron chi connectivity index (χ1n) is 8.02. The Balaban J connectivity index is 1.93. The van der Waals surface area contributed by atoms with E-state index in [0.29, 0.717) is 12.2 Å². The van der Waals surface area contributed by atoms with Crippen LogP contribution < -0.4 is 10.1 Å². The summed E-state index contributed by atoms with van der Waals surface area (Å²) in [5.41, 5.74) is -0.249. The lowest BCUT2D eigenvalue weighted by Gasteiger charge is -2.22. The fourth-order valence-corrected chi connectivity index (χ4v) is 2.62. The van der Waals surface area contributed by atoms with E-state index in [1.165, 1.54) is 0 Å². The third kappa shape index (κ3) is 4.38. The molecule has 2 unspecified atom stereocenters. The van der Waals surface area contributed by atoms with E-state index in [1.807, 2.05) is 38.1 Å². The number of carbonyl (C=O) groups is 1. The third-order valence-corrected chi connectivity index (χ3v) is 4.06. The van der Waals surface area contributed by atoms with Gasteiger partial charge in [0.15, 0.2) is 0 Å². The van der Waals surface area contributed by atoms with Crippen molar-refractivity contribution >= 4 is 5.91 Å². The normalized spacial score (nSPS) is 14.7. The van der Waals surface area contributed by atoms with E-state index in [1.54, 1.807) is 26.2 Å². The quantitative estimate of drug-likeness (QED) is 0.818. The number of amides is 1. The summed E-state index contributed by atoms with van der Waals surface area (Å²) in [5.74, 6) is 1.82. The van der Waals surface area contributed by atoms with Crippen LogP contribution in [0, 0.1) is 6.92 Å². The highest BCUT2D eigenvalue weighted by molar-refractivity contribution is 5.77. The molecule has 0 aliphatic rings. The van der Waals surface area contributed by atoms with Crippen molar-refractivity contribution in [2.45, 2.75) is 38.7 Å². The first-order valence-corrected chi connectivity index (χ1v) is 8.02. The molecule has 1 aromatic heterocycles. The zero-order valence-corrected chi connectivity index (χ0v) is 14.6. The SMILES string of the molecule is COc1ccccc1C(C)CC(=O)NCC(C)(O)c1ccc(C)o1. The van der Waals surface area contributed by atoms with Gasteiger partial charge in [0.05, 0.1) is 13.7 Å². The van der Waals surface area contributed by atoms with Crippen LogP contribution in [-0.2, 0) is 10.4 Å². The fourth-order valence-electron chi connectivity index (χ4n) is 2.62. The van der Waals surface area contributed by atoms with Gasteiger partial charge in [-0.05, 0) is 43.5 Å². The van der Waals surface area contributed by atoms with Crippen molar-refractivity contribution in [3.05, 3.63) is 53.5 Å². The second-order valence-electron chi connectivity index (χ2n) is 6.31. The zero-order chi connectivity index (χ0) is 17.7. The highest BCUT2D eigenvalue weighted by Crippen LogP contribution is 2.28. The molecule has 0 spiro atoms. The summed E-state index contributed by atoms with van der Waals surface area (Å²) >= 11 is 0.